The molecule has 0 amide bonds. The largest absolute Gasteiger partial charge is 0.476 e. The average molecular weight is 255 g/mol. The highest BCUT2D eigenvalue weighted by molar-refractivity contribution is 5.91. The molecule has 7 heteroatoms. The van der Waals surface area contributed by atoms with E-state index in [-0.39, 0.29) is 23.0 Å². The van der Waals surface area contributed by atoms with Gasteiger partial charge in [0.2, 0.25) is 5.69 Å². The summed E-state index contributed by atoms with van der Waals surface area (Å²) in [6.45, 7) is 5.91. The lowest BCUT2D eigenvalue weighted by Crippen LogP contribution is -2.11. The summed E-state index contributed by atoms with van der Waals surface area (Å²) >= 11 is 0. The Hall–Kier alpha value is -1.92. The maximum atomic E-state index is 11.2. The van der Waals surface area contributed by atoms with Crippen LogP contribution in [0.15, 0.2) is 0 Å². The van der Waals surface area contributed by atoms with E-state index in [0.717, 1.165) is 0 Å². The number of aromatic nitrogens is 2. The predicted molar refractivity (Wildman–Crippen MR) is 64.8 cm³/mol. The molecule has 7 nitrogen and oxygen atoms in total. The van der Waals surface area contributed by atoms with Gasteiger partial charge in [0, 0.05) is 12.5 Å². The Kier molecular flexibility index (Phi) is 4.41. The molecule has 1 unspecified atom stereocenters. The van der Waals surface area contributed by atoms with Crippen molar-refractivity contribution >= 4 is 11.7 Å². The first kappa shape index (κ1) is 14.1. The zero-order valence-corrected chi connectivity index (χ0v) is 10.7. The van der Waals surface area contributed by atoms with Gasteiger partial charge in [-0.3, -0.25) is 14.8 Å². The number of aryl methyl sites for hydroxylation is 1. The molecule has 0 aliphatic heterocycles. The second-order valence-electron chi connectivity index (χ2n) is 4.18. The molecule has 1 rings (SSSR count). The molecule has 1 aromatic rings. The van der Waals surface area contributed by atoms with E-state index in [2.05, 4.69) is 5.10 Å². The van der Waals surface area contributed by atoms with Crippen molar-refractivity contribution in [2.75, 3.05) is 0 Å². The topological polar surface area (TPSA) is 98.3 Å². The summed E-state index contributed by atoms with van der Waals surface area (Å²) in [5.74, 6) is -1.45. The Morgan fingerprint density at radius 1 is 1.56 bits per heavy atom. The molecule has 0 radical (unpaired) electrons. The van der Waals surface area contributed by atoms with E-state index < -0.39 is 10.9 Å². The molecule has 0 aliphatic rings. The molecule has 18 heavy (non-hydrogen) atoms. The fraction of sp³-hybridized carbons (Fsp3) is 0.636. The van der Waals surface area contributed by atoms with Crippen molar-refractivity contribution < 1.29 is 14.8 Å². The molecule has 0 saturated heterocycles. The summed E-state index contributed by atoms with van der Waals surface area (Å²) in [5.41, 5.74) is -0.434. The normalized spacial score (nSPS) is 12.4. The Bertz CT molecular complexity index is 467. The average Bonchev–Trinajstić information content (AvgIpc) is 2.68. The molecule has 0 bridgehead atoms. The van der Waals surface area contributed by atoms with Crippen LogP contribution in [0.4, 0.5) is 5.69 Å². The SMILES string of the molecule is CCCn1nc(C(C)CC)c([N+](=O)[O-])c1C(=O)O. The van der Waals surface area contributed by atoms with Gasteiger partial charge in [-0.2, -0.15) is 5.10 Å². The second-order valence-corrected chi connectivity index (χ2v) is 4.18. The number of carboxylic acid groups (broad SMARTS) is 1. The first-order valence-electron chi connectivity index (χ1n) is 5.92. The van der Waals surface area contributed by atoms with Gasteiger partial charge in [-0.25, -0.2) is 4.79 Å². The third kappa shape index (κ3) is 2.49. The van der Waals surface area contributed by atoms with Gasteiger partial charge in [-0.1, -0.05) is 20.8 Å². The van der Waals surface area contributed by atoms with Crippen molar-refractivity contribution in [1.82, 2.24) is 9.78 Å². The fourth-order valence-corrected chi connectivity index (χ4v) is 1.76. The van der Waals surface area contributed by atoms with Crippen molar-refractivity contribution in [3.63, 3.8) is 0 Å². The molecule has 0 aromatic carbocycles. The zero-order chi connectivity index (χ0) is 13.9. The van der Waals surface area contributed by atoms with Crippen molar-refractivity contribution in [2.45, 2.75) is 46.1 Å². The number of carboxylic acids is 1. The Morgan fingerprint density at radius 3 is 2.56 bits per heavy atom. The first-order valence-corrected chi connectivity index (χ1v) is 5.92. The van der Waals surface area contributed by atoms with Crippen LogP contribution in [-0.4, -0.2) is 25.8 Å². The van der Waals surface area contributed by atoms with E-state index in [1.54, 1.807) is 6.92 Å². The van der Waals surface area contributed by atoms with Crippen molar-refractivity contribution in [3.8, 4) is 0 Å². The van der Waals surface area contributed by atoms with Crippen molar-refractivity contribution in [3.05, 3.63) is 21.5 Å². The highest BCUT2D eigenvalue weighted by Gasteiger charge is 2.33. The lowest BCUT2D eigenvalue weighted by molar-refractivity contribution is -0.386. The summed E-state index contributed by atoms with van der Waals surface area (Å²) in [4.78, 5) is 21.6. The monoisotopic (exact) mass is 255 g/mol. The van der Waals surface area contributed by atoms with Crippen LogP contribution in [0.3, 0.4) is 0 Å². The number of carbonyl (C=O) groups is 1. The minimum absolute atomic E-state index is 0.137. The van der Waals surface area contributed by atoms with Crippen molar-refractivity contribution in [2.24, 2.45) is 0 Å². The smallest absolute Gasteiger partial charge is 0.361 e. The van der Waals surface area contributed by atoms with Gasteiger partial charge in [0.15, 0.2) is 0 Å². The van der Waals surface area contributed by atoms with Crippen LogP contribution >= 0.6 is 0 Å². The standard InChI is InChI=1S/C11H17N3O4/c1-4-6-13-10(11(15)16)9(14(17)18)8(12-13)7(3)5-2/h7H,4-6H2,1-3H3,(H,15,16). The van der Waals surface area contributed by atoms with Crippen LogP contribution in [0.25, 0.3) is 0 Å². The first-order chi connectivity index (χ1) is 8.43. The van der Waals surface area contributed by atoms with Crippen LogP contribution in [0, 0.1) is 10.1 Å². The lowest BCUT2D eigenvalue weighted by Gasteiger charge is -2.02. The maximum Gasteiger partial charge on any atom is 0.361 e. The Labute approximate surface area is 105 Å². The third-order valence-electron chi connectivity index (χ3n) is 2.85. The fourth-order valence-electron chi connectivity index (χ4n) is 1.76. The van der Waals surface area contributed by atoms with E-state index in [1.807, 2.05) is 13.8 Å². The third-order valence-corrected chi connectivity index (χ3v) is 2.85. The second kappa shape index (κ2) is 5.61. The summed E-state index contributed by atoms with van der Waals surface area (Å²) in [6, 6.07) is 0. The van der Waals surface area contributed by atoms with Gasteiger partial charge in [0.25, 0.3) is 0 Å². The highest BCUT2D eigenvalue weighted by atomic mass is 16.6. The Morgan fingerprint density at radius 2 is 2.17 bits per heavy atom. The molecular formula is C11H17N3O4. The molecule has 1 N–H and O–H groups in total. The van der Waals surface area contributed by atoms with Gasteiger partial charge in [-0.05, 0) is 12.8 Å². The number of hydrogen-bond acceptors (Lipinski definition) is 4. The molecule has 0 spiro atoms. The molecule has 100 valence electrons. The molecule has 1 heterocycles. The van der Waals surface area contributed by atoms with Gasteiger partial charge in [-0.15, -0.1) is 0 Å². The molecule has 1 aromatic heterocycles. The summed E-state index contributed by atoms with van der Waals surface area (Å²) in [7, 11) is 0. The molecule has 0 saturated carbocycles. The lowest BCUT2D eigenvalue weighted by atomic mass is 10.0. The van der Waals surface area contributed by atoms with Gasteiger partial charge in [0.1, 0.15) is 5.69 Å². The molecule has 0 fully saturated rings. The predicted octanol–water partition coefficient (Wildman–Crippen LogP) is 2.41. The Balaban J connectivity index is 3.48. The minimum atomic E-state index is -1.31. The van der Waals surface area contributed by atoms with Crippen LogP contribution in [0.1, 0.15) is 55.7 Å². The van der Waals surface area contributed by atoms with Gasteiger partial charge >= 0.3 is 11.7 Å². The summed E-state index contributed by atoms with van der Waals surface area (Å²) in [6.07, 6.45) is 1.34. The number of nitrogens with zero attached hydrogens (tertiary/aromatic N) is 3. The van der Waals surface area contributed by atoms with E-state index in [0.29, 0.717) is 19.4 Å². The van der Waals surface area contributed by atoms with Crippen molar-refractivity contribution in [1.29, 1.82) is 0 Å². The molecule has 1 atom stereocenters. The summed E-state index contributed by atoms with van der Waals surface area (Å²) in [5, 5.41) is 24.3. The van der Waals surface area contributed by atoms with Gasteiger partial charge < -0.3 is 5.11 Å². The van der Waals surface area contributed by atoms with E-state index >= 15 is 0 Å². The van der Waals surface area contributed by atoms with E-state index in [4.69, 9.17) is 5.11 Å². The quantitative estimate of drug-likeness (QED) is 0.621. The number of aromatic carboxylic acids is 1. The van der Waals surface area contributed by atoms with Crippen LogP contribution in [-0.2, 0) is 6.54 Å². The molecule has 0 aliphatic carbocycles. The highest BCUT2D eigenvalue weighted by Crippen LogP contribution is 2.31. The van der Waals surface area contributed by atoms with E-state index in [9.17, 15) is 14.9 Å². The maximum absolute atomic E-state index is 11.2. The van der Waals surface area contributed by atoms with E-state index in [1.165, 1.54) is 4.68 Å². The zero-order valence-electron chi connectivity index (χ0n) is 10.7. The summed E-state index contributed by atoms with van der Waals surface area (Å²) < 4.78 is 1.22. The minimum Gasteiger partial charge on any atom is -0.476 e. The van der Waals surface area contributed by atoms with Crippen LogP contribution in [0.5, 0.6) is 0 Å². The molecular weight excluding hydrogens is 238 g/mol. The van der Waals surface area contributed by atoms with Gasteiger partial charge in [0.05, 0.1) is 4.92 Å². The number of nitro groups is 1. The van der Waals surface area contributed by atoms with Crippen LogP contribution < -0.4 is 0 Å². The van der Waals surface area contributed by atoms with Crippen LogP contribution in [0.2, 0.25) is 0 Å². The number of hydrogen-bond donors (Lipinski definition) is 1. The number of rotatable bonds is 6.